The molecule has 0 heterocycles. The quantitative estimate of drug-likeness (QED) is 0.103. The minimum atomic E-state index is -0.468. The van der Waals surface area contributed by atoms with Crippen LogP contribution in [-0.4, -0.2) is 4.92 Å². The molecule has 0 N–H and O–H groups in total. The summed E-state index contributed by atoms with van der Waals surface area (Å²) < 4.78 is 7.55. The van der Waals surface area contributed by atoms with Crippen molar-refractivity contribution in [2.45, 2.75) is 6.61 Å². The number of ether oxygens (including phenoxy) is 1. The molecule has 0 aliphatic rings. The van der Waals surface area contributed by atoms with Crippen LogP contribution in [0.2, 0.25) is 0 Å². The molecule has 0 aromatic heterocycles. The Labute approximate surface area is 207 Å². The van der Waals surface area contributed by atoms with E-state index in [2.05, 4.69) is 62.2 Å². The first-order valence-electron chi connectivity index (χ1n) is 9.91. The molecule has 162 valence electrons. The van der Waals surface area contributed by atoms with Gasteiger partial charge in [0.05, 0.1) is 25.5 Å². The van der Waals surface area contributed by atoms with Crippen molar-refractivity contribution in [3.05, 3.63) is 115 Å². The number of benzene rings is 4. The maximum atomic E-state index is 10.9. The molecule has 0 aliphatic heterocycles. The summed E-state index contributed by atoms with van der Waals surface area (Å²) in [4.78, 5) is 10.4. The third-order valence-corrected chi connectivity index (χ3v) is 6.22. The van der Waals surface area contributed by atoms with Crippen LogP contribution in [0.4, 0.5) is 5.69 Å². The number of nitrogens with zero attached hydrogens (tertiary/aromatic N) is 2. The van der Waals surface area contributed by atoms with Gasteiger partial charge in [0, 0.05) is 12.1 Å². The van der Waals surface area contributed by atoms with Crippen LogP contribution >= 0.6 is 31.9 Å². The number of halogens is 2. The van der Waals surface area contributed by atoms with Crippen molar-refractivity contribution in [2.24, 2.45) is 0 Å². The molecule has 0 saturated heterocycles. The second kappa shape index (κ2) is 9.99. The highest BCUT2D eigenvalue weighted by atomic mass is 79.9. The van der Waals surface area contributed by atoms with Crippen molar-refractivity contribution in [2.75, 3.05) is 0 Å². The number of non-ortho nitro benzene ring substituents is 1. The molecule has 7 heteroatoms. The van der Waals surface area contributed by atoms with Gasteiger partial charge in [-0.3, -0.25) is 10.1 Å². The molecule has 4 rings (SSSR count). The molecule has 0 fully saturated rings. The van der Waals surface area contributed by atoms with E-state index in [1.54, 1.807) is 18.2 Å². The van der Waals surface area contributed by atoms with Gasteiger partial charge in [-0.2, -0.15) is 5.26 Å². The van der Waals surface area contributed by atoms with Crippen LogP contribution < -0.4 is 4.74 Å². The Hall–Kier alpha value is -3.47. The van der Waals surface area contributed by atoms with Crippen LogP contribution in [0.3, 0.4) is 0 Å². The standard InChI is InChI=1S/C26H16Br2N2O3/c27-24-13-18(12-22(15-29)20-7-9-23(10-8-20)30(31)32)14-25(28)26(24)33-16-17-5-6-19-3-1-2-4-21(19)11-17/h1-14H,16H2/b22-12-. The summed E-state index contributed by atoms with van der Waals surface area (Å²) in [6.45, 7) is 0.406. The molecule has 5 nitrogen and oxygen atoms in total. The van der Waals surface area contributed by atoms with Gasteiger partial charge in [0.1, 0.15) is 12.4 Å². The lowest BCUT2D eigenvalue weighted by Gasteiger charge is -2.12. The highest BCUT2D eigenvalue weighted by Crippen LogP contribution is 2.36. The zero-order valence-electron chi connectivity index (χ0n) is 17.2. The third kappa shape index (κ3) is 5.30. The number of hydrogen-bond acceptors (Lipinski definition) is 4. The molecule has 0 unspecified atom stereocenters. The molecule has 4 aromatic carbocycles. The van der Waals surface area contributed by atoms with Crippen molar-refractivity contribution < 1.29 is 9.66 Å². The van der Waals surface area contributed by atoms with E-state index in [-0.39, 0.29) is 5.69 Å². The maximum absolute atomic E-state index is 10.9. The molecule has 4 aromatic rings. The topological polar surface area (TPSA) is 76.2 Å². The number of nitro benzene ring substituents is 1. The third-order valence-electron chi connectivity index (χ3n) is 5.04. The van der Waals surface area contributed by atoms with Crippen LogP contribution in [0, 0.1) is 21.4 Å². The first-order chi connectivity index (χ1) is 15.9. The fraction of sp³-hybridized carbons (Fsp3) is 0.0385. The Morgan fingerprint density at radius 1 is 0.970 bits per heavy atom. The second-order valence-electron chi connectivity index (χ2n) is 7.26. The van der Waals surface area contributed by atoms with Gasteiger partial charge in [-0.05, 0) is 95.7 Å². The summed E-state index contributed by atoms with van der Waals surface area (Å²) in [5.74, 6) is 0.661. The van der Waals surface area contributed by atoms with Crippen molar-refractivity contribution in [1.82, 2.24) is 0 Å². The molecule has 0 radical (unpaired) electrons. The number of nitro groups is 1. The molecule has 0 amide bonds. The van der Waals surface area contributed by atoms with Crippen molar-refractivity contribution in [3.63, 3.8) is 0 Å². The lowest BCUT2D eigenvalue weighted by molar-refractivity contribution is -0.384. The number of hydrogen-bond donors (Lipinski definition) is 0. The maximum Gasteiger partial charge on any atom is 0.269 e. The fourth-order valence-corrected chi connectivity index (χ4v) is 4.85. The van der Waals surface area contributed by atoms with E-state index in [0.717, 1.165) is 25.5 Å². The molecule has 0 aliphatic carbocycles. The Morgan fingerprint density at radius 3 is 2.27 bits per heavy atom. The average molecular weight is 564 g/mol. The molecule has 0 saturated carbocycles. The summed E-state index contributed by atoms with van der Waals surface area (Å²) in [6.07, 6.45) is 1.73. The SMILES string of the molecule is N#C/C(=C/c1cc(Br)c(OCc2ccc3ccccc3c2)c(Br)c1)c1ccc([N+](=O)[O-])cc1. The van der Waals surface area contributed by atoms with E-state index in [1.165, 1.54) is 17.5 Å². The predicted molar refractivity (Wildman–Crippen MR) is 137 cm³/mol. The van der Waals surface area contributed by atoms with Crippen molar-refractivity contribution >= 4 is 60.0 Å². The zero-order valence-corrected chi connectivity index (χ0v) is 20.3. The average Bonchev–Trinajstić information content (AvgIpc) is 2.82. The molecule has 33 heavy (non-hydrogen) atoms. The van der Waals surface area contributed by atoms with Gasteiger partial charge in [-0.1, -0.05) is 36.4 Å². The van der Waals surface area contributed by atoms with E-state index in [1.807, 2.05) is 30.3 Å². The smallest absolute Gasteiger partial charge is 0.269 e. The zero-order chi connectivity index (χ0) is 23.4. The minimum Gasteiger partial charge on any atom is -0.487 e. The molecular formula is C26H16Br2N2O3. The first-order valence-corrected chi connectivity index (χ1v) is 11.5. The summed E-state index contributed by atoms with van der Waals surface area (Å²) in [6, 6.07) is 26.2. The van der Waals surface area contributed by atoms with Gasteiger partial charge >= 0.3 is 0 Å². The van der Waals surface area contributed by atoms with E-state index in [9.17, 15) is 15.4 Å². The Bertz CT molecular complexity index is 1400. The van der Waals surface area contributed by atoms with Gasteiger partial charge in [0.25, 0.3) is 5.69 Å². The van der Waals surface area contributed by atoms with Gasteiger partial charge in [0.15, 0.2) is 0 Å². The highest BCUT2D eigenvalue weighted by molar-refractivity contribution is 9.11. The number of rotatable bonds is 6. The van der Waals surface area contributed by atoms with E-state index >= 15 is 0 Å². The molecule has 0 atom stereocenters. The van der Waals surface area contributed by atoms with E-state index < -0.39 is 4.92 Å². The summed E-state index contributed by atoms with van der Waals surface area (Å²) in [5.41, 5.74) is 2.82. The lowest BCUT2D eigenvalue weighted by Crippen LogP contribution is -1.97. The molecule has 0 spiro atoms. The minimum absolute atomic E-state index is 0.0190. The van der Waals surface area contributed by atoms with Gasteiger partial charge in [-0.25, -0.2) is 0 Å². The normalized spacial score (nSPS) is 11.2. The summed E-state index contributed by atoms with van der Waals surface area (Å²) in [7, 11) is 0. The Balaban J connectivity index is 1.55. The largest absolute Gasteiger partial charge is 0.487 e. The number of fused-ring (bicyclic) bond motifs is 1. The van der Waals surface area contributed by atoms with E-state index in [4.69, 9.17) is 4.74 Å². The van der Waals surface area contributed by atoms with Crippen LogP contribution in [0.15, 0.2) is 87.8 Å². The number of allylic oxidation sites excluding steroid dienone is 1. The van der Waals surface area contributed by atoms with Crippen molar-refractivity contribution in [1.29, 1.82) is 5.26 Å². The lowest BCUT2D eigenvalue weighted by atomic mass is 10.0. The highest BCUT2D eigenvalue weighted by Gasteiger charge is 2.11. The predicted octanol–water partition coefficient (Wildman–Crippen LogP) is 7.92. The first kappa shape index (κ1) is 22.7. The van der Waals surface area contributed by atoms with Crippen LogP contribution in [-0.2, 0) is 6.61 Å². The summed E-state index contributed by atoms with van der Waals surface area (Å²) in [5, 5.41) is 22.8. The van der Waals surface area contributed by atoms with Crippen molar-refractivity contribution in [3.8, 4) is 11.8 Å². The molecule has 0 bridgehead atoms. The van der Waals surface area contributed by atoms with E-state index in [0.29, 0.717) is 23.5 Å². The van der Waals surface area contributed by atoms with Gasteiger partial charge < -0.3 is 4.74 Å². The fourth-order valence-electron chi connectivity index (χ4n) is 3.39. The Morgan fingerprint density at radius 2 is 1.64 bits per heavy atom. The van der Waals surface area contributed by atoms with Gasteiger partial charge in [0.2, 0.25) is 0 Å². The number of nitriles is 1. The van der Waals surface area contributed by atoms with Crippen LogP contribution in [0.25, 0.3) is 22.4 Å². The van der Waals surface area contributed by atoms with Crippen LogP contribution in [0.5, 0.6) is 5.75 Å². The second-order valence-corrected chi connectivity index (χ2v) is 8.97. The van der Waals surface area contributed by atoms with Gasteiger partial charge in [-0.15, -0.1) is 0 Å². The molecular weight excluding hydrogens is 548 g/mol. The monoisotopic (exact) mass is 562 g/mol. The van der Waals surface area contributed by atoms with Crippen LogP contribution in [0.1, 0.15) is 16.7 Å². The Kier molecular flexibility index (Phi) is 6.87. The summed E-state index contributed by atoms with van der Waals surface area (Å²) >= 11 is 7.13.